The maximum atomic E-state index is 5.60. The second-order valence-corrected chi connectivity index (χ2v) is 5.03. The van der Waals surface area contributed by atoms with Gasteiger partial charge in [0.1, 0.15) is 0 Å². The van der Waals surface area contributed by atoms with Crippen LogP contribution >= 0.6 is 0 Å². The lowest BCUT2D eigenvalue weighted by molar-refractivity contribution is 0.119. The summed E-state index contributed by atoms with van der Waals surface area (Å²) in [7, 11) is 0. The van der Waals surface area contributed by atoms with E-state index < -0.39 is 0 Å². The number of hydrogen-bond acceptors (Lipinski definition) is 3. The van der Waals surface area contributed by atoms with Crippen LogP contribution in [0.25, 0.3) is 0 Å². The lowest BCUT2D eigenvalue weighted by Crippen LogP contribution is -2.20. The molecule has 0 aromatic carbocycles. The number of nitrogens with one attached hydrogen (secondary N) is 1. The fourth-order valence-electron chi connectivity index (χ4n) is 2.45. The van der Waals surface area contributed by atoms with Gasteiger partial charge in [0.25, 0.3) is 0 Å². The number of aromatic nitrogens is 2. The van der Waals surface area contributed by atoms with Gasteiger partial charge in [-0.25, -0.2) is 0 Å². The van der Waals surface area contributed by atoms with Gasteiger partial charge in [-0.2, -0.15) is 5.10 Å². The summed E-state index contributed by atoms with van der Waals surface area (Å²) in [5, 5.41) is 7.92. The summed E-state index contributed by atoms with van der Waals surface area (Å²) in [6, 6.07) is 2.71. The molecule has 1 fully saturated rings. The van der Waals surface area contributed by atoms with Crippen LogP contribution in [0.4, 0.5) is 0 Å². The Hall–Kier alpha value is -0.870. The molecule has 0 radical (unpaired) electrons. The van der Waals surface area contributed by atoms with E-state index in [1.807, 2.05) is 0 Å². The van der Waals surface area contributed by atoms with Crippen molar-refractivity contribution < 1.29 is 4.74 Å². The Balaban J connectivity index is 1.64. The molecule has 0 saturated heterocycles. The van der Waals surface area contributed by atoms with Crippen LogP contribution < -0.4 is 5.32 Å². The Morgan fingerprint density at radius 3 is 3.00 bits per heavy atom. The van der Waals surface area contributed by atoms with Crippen LogP contribution in [0.3, 0.4) is 0 Å². The lowest BCUT2D eigenvalue weighted by atomic mass is 10.3. The molecule has 0 bridgehead atoms. The molecule has 1 saturated carbocycles. The van der Waals surface area contributed by atoms with E-state index in [-0.39, 0.29) is 0 Å². The minimum Gasteiger partial charge on any atom is -0.374 e. The van der Waals surface area contributed by atoms with Gasteiger partial charge in [-0.05, 0) is 31.9 Å². The molecule has 4 nitrogen and oxygen atoms in total. The molecule has 0 atom stereocenters. The highest BCUT2D eigenvalue weighted by atomic mass is 16.5. The summed E-state index contributed by atoms with van der Waals surface area (Å²) in [6.07, 6.45) is 8.53. The van der Waals surface area contributed by atoms with Gasteiger partial charge in [0.05, 0.1) is 24.9 Å². The molecule has 0 spiro atoms. The van der Waals surface area contributed by atoms with E-state index in [4.69, 9.17) is 4.74 Å². The topological polar surface area (TPSA) is 39.1 Å². The minimum absolute atomic E-state index is 0.630. The molecule has 0 amide bonds. The van der Waals surface area contributed by atoms with Crippen molar-refractivity contribution in [2.24, 2.45) is 0 Å². The smallest absolute Gasteiger partial charge is 0.0907 e. The molecule has 1 heterocycles. The first-order chi connectivity index (χ1) is 8.90. The normalized spacial score (nSPS) is 16.5. The molecule has 4 heteroatoms. The fourth-order valence-corrected chi connectivity index (χ4v) is 2.45. The van der Waals surface area contributed by atoms with Crippen molar-refractivity contribution in [1.82, 2.24) is 15.1 Å². The molecule has 102 valence electrons. The van der Waals surface area contributed by atoms with Crippen molar-refractivity contribution in [3.8, 4) is 0 Å². The molecule has 1 aromatic heterocycles. The molecule has 18 heavy (non-hydrogen) atoms. The maximum absolute atomic E-state index is 5.60. The van der Waals surface area contributed by atoms with Crippen LogP contribution in [0.5, 0.6) is 0 Å². The molecule has 1 aromatic rings. The Morgan fingerprint density at radius 2 is 2.22 bits per heavy atom. The van der Waals surface area contributed by atoms with E-state index in [2.05, 4.69) is 34.3 Å². The monoisotopic (exact) mass is 251 g/mol. The van der Waals surface area contributed by atoms with Crippen LogP contribution in [-0.4, -0.2) is 29.5 Å². The Bertz CT molecular complexity index is 332. The largest absolute Gasteiger partial charge is 0.374 e. The first kappa shape index (κ1) is 13.6. The Labute approximate surface area is 110 Å². The number of rotatable bonds is 8. The van der Waals surface area contributed by atoms with Crippen molar-refractivity contribution in [2.45, 2.75) is 51.7 Å². The van der Waals surface area contributed by atoms with Crippen molar-refractivity contribution in [3.63, 3.8) is 0 Å². The van der Waals surface area contributed by atoms with Crippen LogP contribution in [0.1, 0.15) is 50.8 Å². The van der Waals surface area contributed by atoms with Crippen molar-refractivity contribution in [3.05, 3.63) is 18.0 Å². The van der Waals surface area contributed by atoms with Gasteiger partial charge in [-0.15, -0.1) is 0 Å². The van der Waals surface area contributed by atoms with Gasteiger partial charge in [0, 0.05) is 12.7 Å². The van der Waals surface area contributed by atoms with Crippen molar-refractivity contribution >= 4 is 0 Å². The van der Waals surface area contributed by atoms with Gasteiger partial charge in [0.2, 0.25) is 0 Å². The highest BCUT2D eigenvalue weighted by Gasteiger charge is 2.17. The second-order valence-electron chi connectivity index (χ2n) is 5.03. The number of ether oxygens (including phenoxy) is 1. The SMILES string of the molecule is CCCNCCOCc1ccn(C2CCCC2)n1. The van der Waals surface area contributed by atoms with E-state index in [1.54, 1.807) is 0 Å². The van der Waals surface area contributed by atoms with Crippen LogP contribution in [0.2, 0.25) is 0 Å². The molecular weight excluding hydrogens is 226 g/mol. The van der Waals surface area contributed by atoms with Crippen molar-refractivity contribution in [2.75, 3.05) is 19.7 Å². The lowest BCUT2D eigenvalue weighted by Gasteiger charge is -2.09. The third-order valence-corrected chi connectivity index (χ3v) is 3.46. The average Bonchev–Trinajstić information content (AvgIpc) is 3.03. The van der Waals surface area contributed by atoms with Crippen LogP contribution in [0.15, 0.2) is 12.3 Å². The highest BCUT2D eigenvalue weighted by molar-refractivity contribution is 4.98. The number of hydrogen-bond donors (Lipinski definition) is 1. The van der Waals surface area contributed by atoms with Gasteiger partial charge in [-0.3, -0.25) is 4.68 Å². The standard InChI is InChI=1S/C14H25N3O/c1-2-8-15-9-11-18-12-13-7-10-17(16-13)14-5-3-4-6-14/h7,10,14-15H,2-6,8-9,11-12H2,1H3. The molecular formula is C14H25N3O. The zero-order valence-corrected chi connectivity index (χ0v) is 11.4. The molecule has 0 aliphatic heterocycles. The summed E-state index contributed by atoms with van der Waals surface area (Å²) >= 11 is 0. The predicted octanol–water partition coefficient (Wildman–Crippen LogP) is 2.51. The Morgan fingerprint density at radius 1 is 1.39 bits per heavy atom. The van der Waals surface area contributed by atoms with Crippen LogP contribution in [-0.2, 0) is 11.3 Å². The predicted molar refractivity (Wildman–Crippen MR) is 72.5 cm³/mol. The van der Waals surface area contributed by atoms with E-state index >= 15 is 0 Å². The van der Waals surface area contributed by atoms with Gasteiger partial charge in [-0.1, -0.05) is 19.8 Å². The maximum Gasteiger partial charge on any atom is 0.0907 e. The van der Waals surface area contributed by atoms with E-state index in [0.29, 0.717) is 12.6 Å². The minimum atomic E-state index is 0.630. The Kier molecular flexibility index (Phi) is 5.68. The fraction of sp³-hybridized carbons (Fsp3) is 0.786. The molecule has 2 rings (SSSR count). The quantitative estimate of drug-likeness (QED) is 0.722. The number of nitrogens with zero attached hydrogens (tertiary/aromatic N) is 2. The summed E-state index contributed by atoms with van der Waals surface area (Å²) in [4.78, 5) is 0. The van der Waals surface area contributed by atoms with E-state index in [0.717, 1.165) is 25.4 Å². The zero-order valence-electron chi connectivity index (χ0n) is 11.4. The molecule has 1 N–H and O–H groups in total. The summed E-state index contributed by atoms with van der Waals surface area (Å²) in [5.41, 5.74) is 1.05. The van der Waals surface area contributed by atoms with E-state index in [1.165, 1.54) is 32.1 Å². The third-order valence-electron chi connectivity index (χ3n) is 3.46. The summed E-state index contributed by atoms with van der Waals surface area (Å²) in [6.45, 7) is 5.56. The third kappa shape index (κ3) is 4.10. The molecule has 1 aliphatic rings. The summed E-state index contributed by atoms with van der Waals surface area (Å²) in [5.74, 6) is 0. The molecule has 0 unspecified atom stereocenters. The average molecular weight is 251 g/mol. The first-order valence-corrected chi connectivity index (χ1v) is 7.22. The zero-order chi connectivity index (χ0) is 12.6. The highest BCUT2D eigenvalue weighted by Crippen LogP contribution is 2.28. The van der Waals surface area contributed by atoms with Gasteiger partial charge in [0.15, 0.2) is 0 Å². The summed E-state index contributed by atoms with van der Waals surface area (Å²) < 4.78 is 7.73. The van der Waals surface area contributed by atoms with Gasteiger partial charge >= 0.3 is 0 Å². The van der Waals surface area contributed by atoms with Crippen molar-refractivity contribution in [1.29, 1.82) is 0 Å². The first-order valence-electron chi connectivity index (χ1n) is 7.22. The van der Waals surface area contributed by atoms with Crippen LogP contribution in [0, 0.1) is 0 Å². The van der Waals surface area contributed by atoms with Gasteiger partial charge < -0.3 is 10.1 Å². The second kappa shape index (κ2) is 7.54. The molecule has 1 aliphatic carbocycles. The van der Waals surface area contributed by atoms with E-state index in [9.17, 15) is 0 Å².